The number of thioether (sulfide) groups is 1. The first-order valence-electron chi connectivity index (χ1n) is 8.76. The number of halogens is 1. The Bertz CT molecular complexity index is 1090. The zero-order valence-electron chi connectivity index (χ0n) is 15.9. The Morgan fingerprint density at radius 1 is 1.37 bits per heavy atom. The number of non-ortho nitro benzene ring substituents is 1. The summed E-state index contributed by atoms with van der Waals surface area (Å²) in [7, 11) is 0. The number of nitro groups is 1. The molecule has 2 heterocycles. The number of nitrogens with zero attached hydrogens (tertiary/aromatic N) is 5. The molecule has 2 aromatic heterocycles. The van der Waals surface area contributed by atoms with Crippen molar-refractivity contribution in [3.63, 3.8) is 0 Å². The number of allylic oxidation sites excluding steroid dienone is 1. The van der Waals surface area contributed by atoms with Crippen molar-refractivity contribution in [1.29, 1.82) is 0 Å². The van der Waals surface area contributed by atoms with Crippen LogP contribution < -0.4 is 5.32 Å². The number of rotatable bonds is 8. The highest BCUT2D eigenvalue weighted by Gasteiger charge is 2.22. The topological polar surface area (TPSA) is 116 Å². The maximum absolute atomic E-state index is 12.6. The molecule has 1 unspecified atom stereocenters. The van der Waals surface area contributed by atoms with Crippen LogP contribution in [0.4, 0.5) is 11.4 Å². The highest BCUT2D eigenvalue weighted by molar-refractivity contribution is 8.00. The van der Waals surface area contributed by atoms with Gasteiger partial charge in [0.2, 0.25) is 5.91 Å². The van der Waals surface area contributed by atoms with Crippen molar-refractivity contribution in [1.82, 2.24) is 19.7 Å². The highest BCUT2D eigenvalue weighted by atomic mass is 35.5. The van der Waals surface area contributed by atoms with Gasteiger partial charge in [0.1, 0.15) is 0 Å². The first kappa shape index (κ1) is 21.5. The van der Waals surface area contributed by atoms with Gasteiger partial charge in [0.05, 0.1) is 20.9 Å². The van der Waals surface area contributed by atoms with Gasteiger partial charge in [0, 0.05) is 36.6 Å². The van der Waals surface area contributed by atoms with Crippen molar-refractivity contribution in [3.05, 3.63) is 70.5 Å². The lowest BCUT2D eigenvalue weighted by atomic mass is 10.2. The van der Waals surface area contributed by atoms with Crippen LogP contribution >= 0.6 is 23.4 Å². The number of hydrogen-bond acceptors (Lipinski definition) is 7. The van der Waals surface area contributed by atoms with Gasteiger partial charge in [-0.25, -0.2) is 0 Å². The molecule has 30 heavy (non-hydrogen) atoms. The molecule has 0 spiro atoms. The maximum atomic E-state index is 12.6. The van der Waals surface area contributed by atoms with Crippen LogP contribution in [0.1, 0.15) is 6.92 Å². The van der Waals surface area contributed by atoms with E-state index in [1.807, 2.05) is 16.7 Å². The first-order valence-corrected chi connectivity index (χ1v) is 10.0. The third-order valence-corrected chi connectivity index (χ3v) is 5.45. The molecule has 3 aromatic rings. The molecule has 0 saturated heterocycles. The van der Waals surface area contributed by atoms with Crippen LogP contribution in [0.25, 0.3) is 11.4 Å². The van der Waals surface area contributed by atoms with Gasteiger partial charge in [-0.3, -0.25) is 24.5 Å². The molecule has 0 aliphatic rings. The normalized spacial score (nSPS) is 11.7. The van der Waals surface area contributed by atoms with Gasteiger partial charge in [-0.15, -0.1) is 16.8 Å². The molecule has 0 saturated carbocycles. The molecular formula is C19H17ClN6O3S. The van der Waals surface area contributed by atoms with Crippen molar-refractivity contribution in [2.45, 2.75) is 23.9 Å². The van der Waals surface area contributed by atoms with Crippen LogP contribution in [0.15, 0.2) is 60.5 Å². The zero-order valence-corrected chi connectivity index (χ0v) is 17.4. The van der Waals surface area contributed by atoms with E-state index in [0.29, 0.717) is 17.5 Å². The molecule has 0 aliphatic carbocycles. The molecular weight excluding hydrogens is 428 g/mol. The van der Waals surface area contributed by atoms with Crippen LogP contribution in [0.5, 0.6) is 0 Å². The molecule has 3 rings (SSSR count). The minimum atomic E-state index is -0.571. The molecule has 1 atom stereocenters. The minimum absolute atomic E-state index is 0.164. The summed E-state index contributed by atoms with van der Waals surface area (Å²) in [4.78, 5) is 27.1. The molecule has 0 fully saturated rings. The van der Waals surface area contributed by atoms with E-state index in [-0.39, 0.29) is 22.3 Å². The number of benzene rings is 1. The van der Waals surface area contributed by atoms with Gasteiger partial charge in [0.15, 0.2) is 11.0 Å². The van der Waals surface area contributed by atoms with E-state index in [2.05, 4.69) is 27.1 Å². The Morgan fingerprint density at radius 3 is 2.77 bits per heavy atom. The van der Waals surface area contributed by atoms with Crippen molar-refractivity contribution in [2.24, 2.45) is 0 Å². The molecule has 0 bridgehead atoms. The highest BCUT2D eigenvalue weighted by Crippen LogP contribution is 2.30. The van der Waals surface area contributed by atoms with Gasteiger partial charge in [-0.05, 0) is 25.1 Å². The first-order chi connectivity index (χ1) is 14.4. The number of aromatic nitrogens is 4. The number of nitro benzene ring substituents is 1. The predicted octanol–water partition coefficient (Wildman–Crippen LogP) is 4.21. The van der Waals surface area contributed by atoms with Crippen LogP contribution in [0.3, 0.4) is 0 Å². The maximum Gasteiger partial charge on any atom is 0.271 e. The van der Waals surface area contributed by atoms with E-state index in [9.17, 15) is 14.9 Å². The largest absolute Gasteiger partial charge is 0.324 e. The lowest BCUT2D eigenvalue weighted by molar-refractivity contribution is -0.384. The summed E-state index contributed by atoms with van der Waals surface area (Å²) in [6.45, 7) is 5.92. The number of nitrogens with one attached hydrogen (secondary N) is 1. The molecule has 1 amide bonds. The summed E-state index contributed by atoms with van der Waals surface area (Å²) < 4.78 is 1.84. The van der Waals surface area contributed by atoms with Crippen molar-refractivity contribution >= 4 is 40.6 Å². The Morgan fingerprint density at radius 2 is 2.10 bits per heavy atom. The quantitative estimate of drug-likeness (QED) is 0.239. The van der Waals surface area contributed by atoms with E-state index in [0.717, 1.165) is 5.56 Å². The van der Waals surface area contributed by atoms with E-state index < -0.39 is 10.2 Å². The summed E-state index contributed by atoms with van der Waals surface area (Å²) in [5.74, 6) is 0.259. The number of pyridine rings is 1. The fraction of sp³-hybridized carbons (Fsp3) is 0.158. The molecule has 0 radical (unpaired) electrons. The van der Waals surface area contributed by atoms with E-state index >= 15 is 0 Å². The summed E-state index contributed by atoms with van der Waals surface area (Å²) in [6.07, 6.45) is 5.04. The molecule has 154 valence electrons. The SMILES string of the molecule is C=CCn1c(SC(C)C(=O)Nc2cc([N+](=O)[O-])ccc2Cl)nnc1-c1ccncc1. The molecule has 1 N–H and O–H groups in total. The number of anilines is 1. The molecule has 1 aromatic carbocycles. The van der Waals surface area contributed by atoms with Crippen molar-refractivity contribution < 1.29 is 9.72 Å². The fourth-order valence-corrected chi connectivity index (χ4v) is 3.58. The second kappa shape index (κ2) is 9.51. The summed E-state index contributed by atoms with van der Waals surface area (Å²) in [6, 6.07) is 7.50. The lowest BCUT2D eigenvalue weighted by Gasteiger charge is -2.13. The van der Waals surface area contributed by atoms with Crippen LogP contribution in [-0.2, 0) is 11.3 Å². The standard InChI is InChI=1S/C19H17ClN6O3S/c1-3-10-25-17(13-6-8-21-9-7-13)23-24-19(25)30-12(2)18(27)22-16-11-14(26(28)29)4-5-15(16)20/h3-9,11-12H,1,10H2,2H3,(H,22,27). The number of amides is 1. The predicted molar refractivity (Wildman–Crippen MR) is 116 cm³/mol. The zero-order chi connectivity index (χ0) is 21.7. The van der Waals surface area contributed by atoms with Gasteiger partial charge < -0.3 is 5.32 Å². The van der Waals surface area contributed by atoms with Crippen LogP contribution in [0, 0.1) is 10.1 Å². The van der Waals surface area contributed by atoms with Gasteiger partial charge in [-0.2, -0.15) is 0 Å². The second-order valence-electron chi connectivity index (χ2n) is 6.11. The van der Waals surface area contributed by atoms with Gasteiger partial charge in [0.25, 0.3) is 5.69 Å². The number of hydrogen-bond donors (Lipinski definition) is 1. The van der Waals surface area contributed by atoms with Crippen molar-refractivity contribution in [3.8, 4) is 11.4 Å². The molecule has 9 nitrogen and oxygen atoms in total. The fourth-order valence-electron chi connectivity index (χ4n) is 2.55. The second-order valence-corrected chi connectivity index (χ2v) is 7.83. The Hall–Kier alpha value is -3.24. The Balaban J connectivity index is 1.79. The molecule has 11 heteroatoms. The van der Waals surface area contributed by atoms with Crippen LogP contribution in [-0.4, -0.2) is 35.8 Å². The Labute approximate surface area is 181 Å². The summed E-state index contributed by atoms with van der Waals surface area (Å²) in [5, 5.41) is 22.2. The third kappa shape index (κ3) is 4.84. The van der Waals surface area contributed by atoms with E-state index in [4.69, 9.17) is 11.6 Å². The molecule has 0 aliphatic heterocycles. The van der Waals surface area contributed by atoms with Crippen LogP contribution in [0.2, 0.25) is 5.02 Å². The summed E-state index contributed by atoms with van der Waals surface area (Å²) in [5.41, 5.74) is 0.850. The van der Waals surface area contributed by atoms with E-state index in [1.165, 1.54) is 30.0 Å². The average Bonchev–Trinajstić information content (AvgIpc) is 3.12. The monoisotopic (exact) mass is 444 g/mol. The van der Waals surface area contributed by atoms with E-state index in [1.54, 1.807) is 25.4 Å². The van der Waals surface area contributed by atoms with Crippen molar-refractivity contribution in [2.75, 3.05) is 5.32 Å². The smallest absolute Gasteiger partial charge is 0.271 e. The Kier molecular flexibility index (Phi) is 6.80. The number of carbonyl (C=O) groups excluding carboxylic acids is 1. The summed E-state index contributed by atoms with van der Waals surface area (Å²) >= 11 is 7.27. The average molecular weight is 445 g/mol. The van der Waals surface area contributed by atoms with Gasteiger partial charge in [-0.1, -0.05) is 29.4 Å². The number of carbonyl (C=O) groups is 1. The minimum Gasteiger partial charge on any atom is -0.324 e. The lowest BCUT2D eigenvalue weighted by Crippen LogP contribution is -2.23. The third-order valence-electron chi connectivity index (χ3n) is 4.04. The van der Waals surface area contributed by atoms with Gasteiger partial charge >= 0.3 is 0 Å².